The van der Waals surface area contributed by atoms with Gasteiger partial charge in [-0.25, -0.2) is 0 Å². The molecule has 1 aliphatic heterocycles. The Morgan fingerprint density at radius 1 is 1.00 bits per heavy atom. The summed E-state index contributed by atoms with van der Waals surface area (Å²) in [7, 11) is 0. The molecule has 1 saturated heterocycles. The molecule has 2 atom stereocenters. The molecule has 0 aromatic heterocycles. The highest BCUT2D eigenvalue weighted by Crippen LogP contribution is 2.37. The maximum absolute atomic E-state index is 2.69. The van der Waals surface area contributed by atoms with Crippen LogP contribution in [0.2, 0.25) is 0 Å². The number of likely N-dealkylation sites (tertiary alicyclic amines) is 1. The van der Waals surface area contributed by atoms with Crippen molar-refractivity contribution in [2.75, 3.05) is 13.1 Å². The molecule has 2 fully saturated rings. The van der Waals surface area contributed by atoms with Crippen LogP contribution in [-0.4, -0.2) is 24.0 Å². The van der Waals surface area contributed by atoms with E-state index in [0.717, 1.165) is 17.9 Å². The van der Waals surface area contributed by atoms with Crippen molar-refractivity contribution >= 4 is 0 Å². The van der Waals surface area contributed by atoms with Crippen LogP contribution in [-0.2, 0) is 0 Å². The van der Waals surface area contributed by atoms with Crippen LogP contribution in [0.5, 0.6) is 0 Å². The normalized spacial score (nSPS) is 36.2. The molecule has 1 aliphatic carbocycles. The fourth-order valence-electron chi connectivity index (χ4n) is 3.15. The zero-order chi connectivity index (χ0) is 9.26. The standard InChI is InChI=1S/C12H23N/c1-10(2)13-8-4-7-11-5-3-6-12(11)9-13/h10-12H,3-9H2,1-2H3. The average molecular weight is 181 g/mol. The molecule has 0 aromatic rings. The molecule has 2 rings (SSSR count). The molecule has 13 heavy (non-hydrogen) atoms. The summed E-state index contributed by atoms with van der Waals surface area (Å²) in [4.78, 5) is 2.69. The fourth-order valence-corrected chi connectivity index (χ4v) is 3.15. The van der Waals surface area contributed by atoms with Gasteiger partial charge in [0.1, 0.15) is 0 Å². The van der Waals surface area contributed by atoms with E-state index in [4.69, 9.17) is 0 Å². The SMILES string of the molecule is CC(C)N1CCCC2CCCC2C1. The summed E-state index contributed by atoms with van der Waals surface area (Å²) in [6.45, 7) is 7.43. The van der Waals surface area contributed by atoms with Gasteiger partial charge in [0, 0.05) is 12.6 Å². The number of fused-ring (bicyclic) bond motifs is 1. The van der Waals surface area contributed by atoms with Crippen LogP contribution in [0.4, 0.5) is 0 Å². The van der Waals surface area contributed by atoms with Crippen molar-refractivity contribution in [1.82, 2.24) is 4.90 Å². The van der Waals surface area contributed by atoms with Gasteiger partial charge in [-0.05, 0) is 51.5 Å². The predicted octanol–water partition coefficient (Wildman–Crippen LogP) is 2.91. The topological polar surface area (TPSA) is 3.24 Å². The van der Waals surface area contributed by atoms with Crippen molar-refractivity contribution in [3.05, 3.63) is 0 Å². The van der Waals surface area contributed by atoms with E-state index in [0.29, 0.717) is 0 Å². The molecular weight excluding hydrogens is 158 g/mol. The molecule has 1 heterocycles. The summed E-state index contributed by atoms with van der Waals surface area (Å²) in [5, 5.41) is 0. The number of nitrogens with zero attached hydrogens (tertiary/aromatic N) is 1. The molecule has 1 nitrogen and oxygen atoms in total. The Morgan fingerprint density at radius 3 is 2.46 bits per heavy atom. The minimum absolute atomic E-state index is 0.763. The molecule has 76 valence electrons. The Bertz CT molecular complexity index is 165. The van der Waals surface area contributed by atoms with E-state index in [1.165, 1.54) is 45.2 Å². The van der Waals surface area contributed by atoms with Crippen LogP contribution in [0.25, 0.3) is 0 Å². The van der Waals surface area contributed by atoms with Crippen molar-refractivity contribution in [3.8, 4) is 0 Å². The van der Waals surface area contributed by atoms with Gasteiger partial charge in [-0.1, -0.05) is 12.8 Å². The van der Waals surface area contributed by atoms with E-state index in [1.807, 2.05) is 0 Å². The van der Waals surface area contributed by atoms with Gasteiger partial charge in [0.05, 0.1) is 0 Å². The molecule has 2 aliphatic rings. The van der Waals surface area contributed by atoms with Gasteiger partial charge >= 0.3 is 0 Å². The van der Waals surface area contributed by atoms with Crippen molar-refractivity contribution in [2.45, 2.75) is 52.0 Å². The van der Waals surface area contributed by atoms with E-state index in [-0.39, 0.29) is 0 Å². The Hall–Kier alpha value is -0.0400. The average Bonchev–Trinajstić information content (AvgIpc) is 2.42. The van der Waals surface area contributed by atoms with Crippen LogP contribution < -0.4 is 0 Å². The highest BCUT2D eigenvalue weighted by Gasteiger charge is 2.31. The molecular formula is C12H23N. The second kappa shape index (κ2) is 4.00. The molecule has 2 unspecified atom stereocenters. The first kappa shape index (κ1) is 9.51. The van der Waals surface area contributed by atoms with Crippen LogP contribution in [0.1, 0.15) is 46.0 Å². The molecule has 1 heteroatoms. The van der Waals surface area contributed by atoms with Crippen molar-refractivity contribution in [3.63, 3.8) is 0 Å². The predicted molar refractivity (Wildman–Crippen MR) is 56.8 cm³/mol. The third-order valence-corrected chi connectivity index (χ3v) is 4.04. The third-order valence-electron chi connectivity index (χ3n) is 4.04. The molecule has 0 bridgehead atoms. The van der Waals surface area contributed by atoms with Crippen molar-refractivity contribution in [2.24, 2.45) is 11.8 Å². The van der Waals surface area contributed by atoms with Gasteiger partial charge in [-0.2, -0.15) is 0 Å². The zero-order valence-corrected chi connectivity index (χ0v) is 9.13. The number of hydrogen-bond donors (Lipinski definition) is 0. The molecule has 0 N–H and O–H groups in total. The fraction of sp³-hybridized carbons (Fsp3) is 1.00. The zero-order valence-electron chi connectivity index (χ0n) is 9.13. The van der Waals surface area contributed by atoms with E-state index < -0.39 is 0 Å². The highest BCUT2D eigenvalue weighted by molar-refractivity contribution is 4.84. The third kappa shape index (κ3) is 2.07. The Kier molecular flexibility index (Phi) is 2.92. The van der Waals surface area contributed by atoms with Crippen LogP contribution >= 0.6 is 0 Å². The maximum Gasteiger partial charge on any atom is 0.00387 e. The summed E-state index contributed by atoms with van der Waals surface area (Å²) in [5.41, 5.74) is 0. The summed E-state index contributed by atoms with van der Waals surface area (Å²) in [6.07, 6.45) is 7.49. The first-order valence-electron chi connectivity index (χ1n) is 6.01. The maximum atomic E-state index is 2.69. The van der Waals surface area contributed by atoms with E-state index in [2.05, 4.69) is 18.7 Å². The largest absolute Gasteiger partial charge is 0.301 e. The van der Waals surface area contributed by atoms with Crippen LogP contribution in [0.3, 0.4) is 0 Å². The van der Waals surface area contributed by atoms with E-state index >= 15 is 0 Å². The van der Waals surface area contributed by atoms with Crippen molar-refractivity contribution in [1.29, 1.82) is 0 Å². The minimum atomic E-state index is 0.763. The lowest BCUT2D eigenvalue weighted by molar-refractivity contribution is 0.195. The smallest absolute Gasteiger partial charge is 0.00387 e. The van der Waals surface area contributed by atoms with Gasteiger partial charge in [0.2, 0.25) is 0 Å². The van der Waals surface area contributed by atoms with Crippen LogP contribution in [0.15, 0.2) is 0 Å². The molecule has 0 amide bonds. The van der Waals surface area contributed by atoms with Gasteiger partial charge in [0.15, 0.2) is 0 Å². The Labute approximate surface area is 82.5 Å². The monoisotopic (exact) mass is 181 g/mol. The quantitative estimate of drug-likeness (QED) is 0.601. The number of hydrogen-bond acceptors (Lipinski definition) is 1. The summed E-state index contributed by atoms with van der Waals surface area (Å²) >= 11 is 0. The van der Waals surface area contributed by atoms with Crippen molar-refractivity contribution < 1.29 is 0 Å². The second-order valence-corrected chi connectivity index (χ2v) is 5.18. The summed E-state index contributed by atoms with van der Waals surface area (Å²) < 4.78 is 0. The van der Waals surface area contributed by atoms with Gasteiger partial charge in [0.25, 0.3) is 0 Å². The first-order valence-corrected chi connectivity index (χ1v) is 6.01. The number of rotatable bonds is 1. The van der Waals surface area contributed by atoms with Crippen LogP contribution in [0, 0.1) is 11.8 Å². The van der Waals surface area contributed by atoms with E-state index in [1.54, 1.807) is 0 Å². The highest BCUT2D eigenvalue weighted by atomic mass is 15.1. The summed E-state index contributed by atoms with van der Waals surface area (Å²) in [5.74, 6) is 2.13. The second-order valence-electron chi connectivity index (χ2n) is 5.18. The van der Waals surface area contributed by atoms with E-state index in [9.17, 15) is 0 Å². The Balaban J connectivity index is 1.96. The molecule has 1 saturated carbocycles. The van der Waals surface area contributed by atoms with Gasteiger partial charge < -0.3 is 4.90 Å². The molecule has 0 spiro atoms. The summed E-state index contributed by atoms with van der Waals surface area (Å²) in [6, 6.07) is 0.763. The lowest BCUT2D eigenvalue weighted by Gasteiger charge is -2.27. The van der Waals surface area contributed by atoms with Gasteiger partial charge in [-0.15, -0.1) is 0 Å². The van der Waals surface area contributed by atoms with Gasteiger partial charge in [-0.3, -0.25) is 0 Å². The first-order chi connectivity index (χ1) is 6.27. The lowest BCUT2D eigenvalue weighted by Crippen LogP contribution is -2.34. The molecule has 0 radical (unpaired) electrons. The lowest BCUT2D eigenvalue weighted by atomic mass is 9.93. The molecule has 0 aromatic carbocycles. The Morgan fingerprint density at radius 2 is 1.69 bits per heavy atom. The minimum Gasteiger partial charge on any atom is -0.301 e.